The van der Waals surface area contributed by atoms with E-state index < -0.39 is 0 Å². The predicted molar refractivity (Wildman–Crippen MR) is 86.2 cm³/mol. The summed E-state index contributed by atoms with van der Waals surface area (Å²) in [6, 6.07) is 4.60. The van der Waals surface area contributed by atoms with Crippen LogP contribution in [0.3, 0.4) is 0 Å². The predicted octanol–water partition coefficient (Wildman–Crippen LogP) is 4.20. The summed E-state index contributed by atoms with van der Waals surface area (Å²) in [6.45, 7) is 7.67. The van der Waals surface area contributed by atoms with Crippen molar-refractivity contribution in [2.75, 3.05) is 18.4 Å². The lowest BCUT2D eigenvalue weighted by Crippen LogP contribution is -2.26. The van der Waals surface area contributed by atoms with E-state index in [9.17, 15) is 9.18 Å². The van der Waals surface area contributed by atoms with E-state index in [1.54, 1.807) is 12.1 Å². The van der Waals surface area contributed by atoms with Crippen molar-refractivity contribution < 1.29 is 9.18 Å². The number of benzene rings is 1. The van der Waals surface area contributed by atoms with Crippen LogP contribution in [0.5, 0.6) is 0 Å². The number of rotatable bonds is 9. The van der Waals surface area contributed by atoms with Gasteiger partial charge in [0.15, 0.2) is 0 Å². The molecule has 0 aliphatic carbocycles. The molecule has 0 aliphatic heterocycles. The average Bonchev–Trinajstić information content (AvgIpc) is 2.45. The standard InChI is InChI=1S/C17H27FN2O/c1-4-11-19-16-14(9-7-10-15(16)18)17(21)20-12-6-5-8-13(2)3/h7,9-10,13,19H,4-6,8,11-12H2,1-3H3,(H,20,21). The van der Waals surface area contributed by atoms with Crippen LogP contribution in [0.15, 0.2) is 18.2 Å². The summed E-state index contributed by atoms with van der Waals surface area (Å²) in [5.41, 5.74) is 0.686. The van der Waals surface area contributed by atoms with E-state index >= 15 is 0 Å². The second-order valence-corrected chi connectivity index (χ2v) is 5.73. The molecule has 4 heteroatoms. The lowest BCUT2D eigenvalue weighted by Gasteiger charge is -2.12. The Kier molecular flexibility index (Phi) is 7.80. The van der Waals surface area contributed by atoms with Crippen LogP contribution >= 0.6 is 0 Å². The topological polar surface area (TPSA) is 41.1 Å². The zero-order chi connectivity index (χ0) is 15.7. The van der Waals surface area contributed by atoms with Gasteiger partial charge in [-0.05, 0) is 30.9 Å². The molecule has 0 unspecified atom stereocenters. The molecule has 1 aromatic rings. The first-order valence-corrected chi connectivity index (χ1v) is 7.86. The van der Waals surface area contributed by atoms with Crippen LogP contribution in [-0.4, -0.2) is 19.0 Å². The van der Waals surface area contributed by atoms with Crippen LogP contribution in [0.4, 0.5) is 10.1 Å². The highest BCUT2D eigenvalue weighted by Crippen LogP contribution is 2.19. The van der Waals surface area contributed by atoms with E-state index in [1.807, 2.05) is 6.92 Å². The lowest BCUT2D eigenvalue weighted by atomic mass is 10.1. The third kappa shape index (κ3) is 6.15. The van der Waals surface area contributed by atoms with Gasteiger partial charge in [-0.1, -0.05) is 39.7 Å². The number of hydrogen-bond donors (Lipinski definition) is 2. The minimum absolute atomic E-state index is 0.211. The fourth-order valence-corrected chi connectivity index (χ4v) is 2.12. The first-order chi connectivity index (χ1) is 10.1. The normalized spacial score (nSPS) is 10.7. The molecule has 21 heavy (non-hydrogen) atoms. The molecule has 0 bridgehead atoms. The quantitative estimate of drug-likeness (QED) is 0.670. The zero-order valence-corrected chi connectivity index (χ0v) is 13.3. The molecule has 0 saturated carbocycles. The van der Waals surface area contributed by atoms with Crippen LogP contribution in [-0.2, 0) is 0 Å². The molecule has 3 nitrogen and oxygen atoms in total. The summed E-state index contributed by atoms with van der Waals surface area (Å²) in [7, 11) is 0. The number of anilines is 1. The van der Waals surface area contributed by atoms with Gasteiger partial charge in [0.25, 0.3) is 5.91 Å². The maximum atomic E-state index is 13.8. The molecule has 1 rings (SSSR count). The van der Waals surface area contributed by atoms with Crippen molar-refractivity contribution in [1.82, 2.24) is 5.32 Å². The first kappa shape index (κ1) is 17.5. The molecule has 1 aromatic carbocycles. The summed E-state index contributed by atoms with van der Waals surface area (Å²) in [5.74, 6) is 0.0994. The highest BCUT2D eigenvalue weighted by Gasteiger charge is 2.14. The Morgan fingerprint density at radius 1 is 1.24 bits per heavy atom. The van der Waals surface area contributed by atoms with Crippen LogP contribution in [0.25, 0.3) is 0 Å². The molecule has 0 heterocycles. The SMILES string of the molecule is CCCNc1c(F)cccc1C(=O)NCCCCC(C)C. The number of hydrogen-bond acceptors (Lipinski definition) is 2. The molecule has 2 N–H and O–H groups in total. The largest absolute Gasteiger partial charge is 0.382 e. The molecule has 118 valence electrons. The van der Waals surface area contributed by atoms with Gasteiger partial charge in [0.05, 0.1) is 11.3 Å². The van der Waals surface area contributed by atoms with Crippen molar-refractivity contribution in [3.63, 3.8) is 0 Å². The number of amides is 1. The minimum atomic E-state index is -0.379. The van der Waals surface area contributed by atoms with E-state index in [0.29, 0.717) is 30.3 Å². The van der Waals surface area contributed by atoms with Gasteiger partial charge in [0, 0.05) is 13.1 Å². The van der Waals surface area contributed by atoms with Crippen LogP contribution < -0.4 is 10.6 Å². The summed E-state index contributed by atoms with van der Waals surface area (Å²) < 4.78 is 13.8. The van der Waals surface area contributed by atoms with E-state index in [0.717, 1.165) is 19.3 Å². The molecule has 0 fully saturated rings. The van der Waals surface area contributed by atoms with Gasteiger partial charge in [-0.15, -0.1) is 0 Å². The number of para-hydroxylation sites is 1. The highest BCUT2D eigenvalue weighted by atomic mass is 19.1. The number of carbonyl (C=O) groups is 1. The second-order valence-electron chi connectivity index (χ2n) is 5.73. The van der Waals surface area contributed by atoms with Crippen molar-refractivity contribution in [1.29, 1.82) is 0 Å². The molecule has 1 amide bonds. The molecule has 0 atom stereocenters. The third-order valence-corrected chi connectivity index (χ3v) is 3.30. The molecule has 0 radical (unpaired) electrons. The van der Waals surface area contributed by atoms with E-state index in [-0.39, 0.29) is 11.7 Å². The number of nitrogens with one attached hydrogen (secondary N) is 2. The van der Waals surface area contributed by atoms with E-state index in [1.165, 1.54) is 12.5 Å². The maximum absolute atomic E-state index is 13.8. The van der Waals surface area contributed by atoms with Gasteiger partial charge in [-0.3, -0.25) is 4.79 Å². The van der Waals surface area contributed by atoms with Crippen LogP contribution in [0.2, 0.25) is 0 Å². The van der Waals surface area contributed by atoms with Crippen molar-refractivity contribution in [3.8, 4) is 0 Å². The maximum Gasteiger partial charge on any atom is 0.253 e. The first-order valence-electron chi connectivity index (χ1n) is 7.86. The molecular weight excluding hydrogens is 267 g/mol. The zero-order valence-electron chi connectivity index (χ0n) is 13.3. The van der Waals surface area contributed by atoms with Crippen LogP contribution in [0.1, 0.15) is 56.8 Å². The Balaban J connectivity index is 2.55. The number of unbranched alkanes of at least 4 members (excludes halogenated alkanes) is 1. The molecule has 0 spiro atoms. The van der Waals surface area contributed by atoms with Crippen LogP contribution in [0, 0.1) is 11.7 Å². The highest BCUT2D eigenvalue weighted by molar-refractivity contribution is 5.99. The minimum Gasteiger partial charge on any atom is -0.382 e. The molecule has 0 saturated heterocycles. The van der Waals surface area contributed by atoms with Gasteiger partial charge < -0.3 is 10.6 Å². The van der Waals surface area contributed by atoms with Crippen molar-refractivity contribution in [2.24, 2.45) is 5.92 Å². The Morgan fingerprint density at radius 2 is 2.00 bits per heavy atom. The Bertz CT molecular complexity index is 446. The molecule has 0 aliphatic rings. The molecular formula is C17H27FN2O. The Hall–Kier alpha value is -1.58. The van der Waals surface area contributed by atoms with Gasteiger partial charge in [0.1, 0.15) is 5.82 Å². The Morgan fingerprint density at radius 3 is 2.67 bits per heavy atom. The summed E-state index contributed by atoms with van der Waals surface area (Å²) in [6.07, 6.45) is 4.10. The number of carbonyl (C=O) groups excluding carboxylic acids is 1. The van der Waals surface area contributed by atoms with Gasteiger partial charge in [0.2, 0.25) is 0 Å². The van der Waals surface area contributed by atoms with Crippen molar-refractivity contribution >= 4 is 11.6 Å². The van der Waals surface area contributed by atoms with Gasteiger partial charge in [-0.2, -0.15) is 0 Å². The molecule has 0 aromatic heterocycles. The number of halogens is 1. The summed E-state index contributed by atoms with van der Waals surface area (Å²) in [4.78, 5) is 12.2. The Labute approximate surface area is 127 Å². The fraction of sp³-hybridized carbons (Fsp3) is 0.588. The lowest BCUT2D eigenvalue weighted by molar-refractivity contribution is 0.0953. The smallest absolute Gasteiger partial charge is 0.253 e. The van der Waals surface area contributed by atoms with Gasteiger partial charge >= 0.3 is 0 Å². The fourth-order valence-electron chi connectivity index (χ4n) is 2.12. The second kappa shape index (κ2) is 9.37. The third-order valence-electron chi connectivity index (χ3n) is 3.30. The van der Waals surface area contributed by atoms with Gasteiger partial charge in [-0.25, -0.2) is 4.39 Å². The summed E-state index contributed by atoms with van der Waals surface area (Å²) >= 11 is 0. The monoisotopic (exact) mass is 294 g/mol. The van der Waals surface area contributed by atoms with E-state index in [2.05, 4.69) is 24.5 Å². The van der Waals surface area contributed by atoms with Crippen molar-refractivity contribution in [3.05, 3.63) is 29.6 Å². The summed E-state index contributed by atoms with van der Waals surface area (Å²) in [5, 5.41) is 5.86. The average molecular weight is 294 g/mol. The van der Waals surface area contributed by atoms with E-state index in [4.69, 9.17) is 0 Å². The van der Waals surface area contributed by atoms with Crippen molar-refractivity contribution in [2.45, 2.75) is 46.5 Å².